The summed E-state index contributed by atoms with van der Waals surface area (Å²) in [6.07, 6.45) is 2.32. The fraction of sp³-hybridized carbons (Fsp3) is 0.308. The zero-order chi connectivity index (χ0) is 12.4. The predicted molar refractivity (Wildman–Crippen MR) is 67.0 cm³/mol. The highest BCUT2D eigenvalue weighted by Crippen LogP contribution is 2.23. The number of nitrogens with one attached hydrogen (secondary N) is 2. The fourth-order valence-electron chi connectivity index (χ4n) is 2.27. The molecule has 5 nitrogen and oxygen atoms in total. The normalized spacial score (nSPS) is 18.1. The molecule has 3 rings (SSSR count). The Morgan fingerprint density at radius 2 is 2.00 bits per heavy atom. The second-order valence-electron chi connectivity index (χ2n) is 4.51. The molecule has 5 heteroatoms. The number of aryl methyl sites for hydroxylation is 1. The molecule has 1 aromatic heterocycles. The Morgan fingerprint density at radius 1 is 1.22 bits per heavy atom. The molecule has 1 amide bonds. The van der Waals surface area contributed by atoms with Crippen LogP contribution in [-0.4, -0.2) is 21.3 Å². The van der Waals surface area contributed by atoms with Crippen molar-refractivity contribution < 1.29 is 4.79 Å². The lowest BCUT2D eigenvalue weighted by atomic mass is 9.89. The molecule has 0 spiro atoms. The molecule has 0 saturated carbocycles. The zero-order valence-corrected chi connectivity index (χ0v) is 9.89. The Hall–Kier alpha value is -2.17. The number of carbonyl (C=O) groups is 1. The van der Waals surface area contributed by atoms with Gasteiger partial charge in [-0.2, -0.15) is 15.4 Å². The molecule has 1 aliphatic rings. The minimum atomic E-state index is -0.0113. The van der Waals surface area contributed by atoms with E-state index in [1.165, 1.54) is 0 Å². The summed E-state index contributed by atoms with van der Waals surface area (Å²) in [5.74, 6) is 0.0534. The first-order chi connectivity index (χ1) is 8.83. The van der Waals surface area contributed by atoms with Gasteiger partial charge < -0.3 is 5.32 Å². The Kier molecular flexibility index (Phi) is 2.80. The van der Waals surface area contributed by atoms with Crippen LogP contribution >= 0.6 is 0 Å². The van der Waals surface area contributed by atoms with Crippen LogP contribution in [0, 0.1) is 5.92 Å². The summed E-state index contributed by atoms with van der Waals surface area (Å²) in [4.78, 5) is 12.1. The van der Waals surface area contributed by atoms with E-state index in [0.717, 1.165) is 29.9 Å². The van der Waals surface area contributed by atoms with Gasteiger partial charge in [-0.25, -0.2) is 0 Å². The number of H-pyrrole nitrogens is 1. The molecule has 2 aromatic rings. The topological polar surface area (TPSA) is 70.7 Å². The number of para-hydroxylation sites is 1. The van der Waals surface area contributed by atoms with Crippen molar-refractivity contribution in [3.8, 4) is 0 Å². The first-order valence-corrected chi connectivity index (χ1v) is 6.07. The van der Waals surface area contributed by atoms with Crippen LogP contribution in [0.1, 0.15) is 17.8 Å². The smallest absolute Gasteiger partial charge is 0.227 e. The number of hydrogen-bond acceptors (Lipinski definition) is 3. The number of aromatic amines is 1. The quantitative estimate of drug-likeness (QED) is 0.839. The van der Waals surface area contributed by atoms with Crippen molar-refractivity contribution in [1.82, 2.24) is 15.4 Å². The van der Waals surface area contributed by atoms with Crippen molar-refractivity contribution in [1.29, 1.82) is 0 Å². The third-order valence-corrected chi connectivity index (χ3v) is 3.28. The highest BCUT2D eigenvalue weighted by atomic mass is 16.1. The molecule has 0 aliphatic heterocycles. The van der Waals surface area contributed by atoms with Crippen molar-refractivity contribution in [3.63, 3.8) is 0 Å². The van der Waals surface area contributed by atoms with Gasteiger partial charge in [0.05, 0.1) is 11.4 Å². The summed E-state index contributed by atoms with van der Waals surface area (Å²) >= 11 is 0. The SMILES string of the molecule is O=C(Nc1ccccc1)C1CCc2n[nH]nc2C1. The van der Waals surface area contributed by atoms with Crippen molar-refractivity contribution in [2.24, 2.45) is 5.92 Å². The molecule has 1 unspecified atom stereocenters. The van der Waals surface area contributed by atoms with Crippen LogP contribution in [0.5, 0.6) is 0 Å². The molecule has 1 heterocycles. The first kappa shape index (κ1) is 11.0. The van der Waals surface area contributed by atoms with Crippen molar-refractivity contribution >= 4 is 11.6 Å². The van der Waals surface area contributed by atoms with E-state index >= 15 is 0 Å². The van der Waals surface area contributed by atoms with Crippen LogP contribution < -0.4 is 5.32 Å². The van der Waals surface area contributed by atoms with Crippen molar-refractivity contribution in [2.75, 3.05) is 5.32 Å². The first-order valence-electron chi connectivity index (χ1n) is 6.07. The van der Waals surface area contributed by atoms with Crippen LogP contribution in [0.2, 0.25) is 0 Å². The molecular weight excluding hydrogens is 228 g/mol. The van der Waals surface area contributed by atoms with Gasteiger partial charge in [-0.1, -0.05) is 18.2 Å². The number of benzene rings is 1. The largest absolute Gasteiger partial charge is 0.326 e. The van der Waals surface area contributed by atoms with Crippen molar-refractivity contribution in [2.45, 2.75) is 19.3 Å². The third kappa shape index (κ3) is 2.11. The van der Waals surface area contributed by atoms with Gasteiger partial charge in [0.15, 0.2) is 0 Å². The number of anilines is 1. The van der Waals surface area contributed by atoms with E-state index in [1.807, 2.05) is 30.3 Å². The fourth-order valence-corrected chi connectivity index (χ4v) is 2.27. The molecule has 1 aliphatic carbocycles. The van der Waals surface area contributed by atoms with E-state index in [4.69, 9.17) is 0 Å². The lowest BCUT2D eigenvalue weighted by molar-refractivity contribution is -0.120. The van der Waals surface area contributed by atoms with Gasteiger partial charge in [0.1, 0.15) is 0 Å². The molecule has 92 valence electrons. The van der Waals surface area contributed by atoms with Crippen LogP contribution in [0.15, 0.2) is 30.3 Å². The molecule has 1 atom stereocenters. The Balaban J connectivity index is 1.68. The second kappa shape index (κ2) is 4.60. The van der Waals surface area contributed by atoms with Gasteiger partial charge in [0, 0.05) is 18.0 Å². The summed E-state index contributed by atoms with van der Waals surface area (Å²) < 4.78 is 0. The van der Waals surface area contributed by atoms with E-state index in [0.29, 0.717) is 6.42 Å². The van der Waals surface area contributed by atoms with E-state index in [9.17, 15) is 4.79 Å². The summed E-state index contributed by atoms with van der Waals surface area (Å²) in [5.41, 5.74) is 2.77. The summed E-state index contributed by atoms with van der Waals surface area (Å²) in [6.45, 7) is 0. The molecule has 0 fully saturated rings. The lowest BCUT2D eigenvalue weighted by Gasteiger charge is -2.19. The van der Waals surface area contributed by atoms with E-state index in [1.54, 1.807) is 0 Å². The maximum atomic E-state index is 12.1. The van der Waals surface area contributed by atoms with Gasteiger partial charge in [-0.05, 0) is 25.0 Å². The number of fused-ring (bicyclic) bond motifs is 1. The highest BCUT2D eigenvalue weighted by Gasteiger charge is 2.27. The van der Waals surface area contributed by atoms with Crippen LogP contribution in [0.4, 0.5) is 5.69 Å². The molecule has 0 radical (unpaired) electrons. The van der Waals surface area contributed by atoms with Crippen LogP contribution in [-0.2, 0) is 17.6 Å². The Morgan fingerprint density at radius 3 is 2.83 bits per heavy atom. The van der Waals surface area contributed by atoms with Gasteiger partial charge in [-0.3, -0.25) is 4.79 Å². The molecular formula is C13H14N4O. The minimum absolute atomic E-state index is 0.0113. The number of rotatable bonds is 2. The number of nitrogens with zero attached hydrogens (tertiary/aromatic N) is 2. The maximum absolute atomic E-state index is 12.1. The summed E-state index contributed by atoms with van der Waals surface area (Å²) in [7, 11) is 0. The Bertz CT molecular complexity index is 549. The Labute approximate surface area is 105 Å². The van der Waals surface area contributed by atoms with Crippen LogP contribution in [0.3, 0.4) is 0 Å². The average Bonchev–Trinajstić information content (AvgIpc) is 2.87. The molecule has 18 heavy (non-hydrogen) atoms. The van der Waals surface area contributed by atoms with Gasteiger partial charge in [0.2, 0.25) is 5.91 Å². The zero-order valence-electron chi connectivity index (χ0n) is 9.89. The highest BCUT2D eigenvalue weighted by molar-refractivity contribution is 5.92. The molecule has 2 N–H and O–H groups in total. The third-order valence-electron chi connectivity index (χ3n) is 3.28. The van der Waals surface area contributed by atoms with Gasteiger partial charge in [-0.15, -0.1) is 0 Å². The minimum Gasteiger partial charge on any atom is -0.326 e. The van der Waals surface area contributed by atoms with Gasteiger partial charge >= 0.3 is 0 Å². The van der Waals surface area contributed by atoms with E-state index < -0.39 is 0 Å². The van der Waals surface area contributed by atoms with E-state index in [-0.39, 0.29) is 11.8 Å². The van der Waals surface area contributed by atoms with Crippen molar-refractivity contribution in [3.05, 3.63) is 41.7 Å². The van der Waals surface area contributed by atoms with Gasteiger partial charge in [0.25, 0.3) is 0 Å². The lowest BCUT2D eigenvalue weighted by Crippen LogP contribution is -2.28. The maximum Gasteiger partial charge on any atom is 0.227 e. The molecule has 0 bridgehead atoms. The standard InChI is InChI=1S/C13H14N4O/c18-13(14-10-4-2-1-3-5-10)9-6-7-11-12(8-9)16-17-15-11/h1-5,9H,6-8H2,(H,14,18)(H,15,16,17). The molecule has 0 saturated heterocycles. The summed E-state index contributed by atoms with van der Waals surface area (Å²) in [6, 6.07) is 9.53. The number of amides is 1. The second-order valence-corrected chi connectivity index (χ2v) is 4.51. The summed E-state index contributed by atoms with van der Waals surface area (Å²) in [5, 5.41) is 13.7. The van der Waals surface area contributed by atoms with E-state index in [2.05, 4.69) is 20.7 Å². The monoisotopic (exact) mass is 242 g/mol. The number of carbonyl (C=O) groups excluding carboxylic acids is 1. The predicted octanol–water partition coefficient (Wildman–Crippen LogP) is 1.55. The molecule has 1 aromatic carbocycles. The number of hydrogen-bond donors (Lipinski definition) is 2. The van der Waals surface area contributed by atoms with Crippen LogP contribution in [0.25, 0.3) is 0 Å². The number of aromatic nitrogens is 3. The average molecular weight is 242 g/mol.